The second-order valence-electron chi connectivity index (χ2n) is 3.31. The number of hydrogen-bond donors (Lipinski definition) is 0. The number of methoxy groups -OCH3 is 1. The molecule has 0 saturated heterocycles. The summed E-state index contributed by atoms with van der Waals surface area (Å²) in [4.78, 5) is 34.1. The number of carbonyl (C=O) groups excluding carboxylic acids is 3. The molecule has 4 heteroatoms. The molecule has 0 saturated carbocycles. The van der Waals surface area contributed by atoms with Crippen LogP contribution in [0, 0.1) is 0 Å². The van der Waals surface area contributed by atoms with E-state index in [2.05, 4.69) is 4.74 Å². The van der Waals surface area contributed by atoms with E-state index in [9.17, 15) is 14.4 Å². The van der Waals surface area contributed by atoms with Crippen molar-refractivity contribution in [2.45, 2.75) is 12.8 Å². The summed E-state index contributed by atoms with van der Waals surface area (Å²) in [7, 11) is 1.11. The second-order valence-corrected chi connectivity index (χ2v) is 3.31. The van der Waals surface area contributed by atoms with Crippen LogP contribution in [0.4, 0.5) is 0 Å². The van der Waals surface area contributed by atoms with Crippen molar-refractivity contribution in [3.63, 3.8) is 0 Å². The number of esters is 1. The fraction of sp³-hybridized carbons (Fsp3) is 0.250. The third-order valence-corrected chi connectivity index (χ3v) is 2.19. The third-order valence-electron chi connectivity index (χ3n) is 2.19. The average Bonchev–Trinajstić information content (AvgIpc) is 2.29. The Morgan fingerprint density at radius 2 is 1.69 bits per heavy atom. The van der Waals surface area contributed by atoms with Crippen molar-refractivity contribution >= 4 is 17.5 Å². The monoisotopic (exact) mass is 220 g/mol. The van der Waals surface area contributed by atoms with Crippen LogP contribution in [0.1, 0.15) is 18.4 Å². The fourth-order valence-corrected chi connectivity index (χ4v) is 1.43. The molecule has 0 aliphatic rings. The summed E-state index contributed by atoms with van der Waals surface area (Å²) in [5, 5.41) is 0. The van der Waals surface area contributed by atoms with Gasteiger partial charge in [0.1, 0.15) is 11.7 Å². The molecule has 0 aromatic heterocycles. The van der Waals surface area contributed by atoms with Crippen molar-refractivity contribution in [3.05, 3.63) is 35.9 Å². The maximum atomic E-state index is 11.6. The summed E-state index contributed by atoms with van der Waals surface area (Å²) in [5.41, 5.74) is 0.505. The van der Waals surface area contributed by atoms with Crippen LogP contribution in [0.3, 0.4) is 0 Å². The number of Topliss-reactive ketones (excluding diaryl/α,β-unsaturated/α-hetero) is 2. The van der Waals surface area contributed by atoms with Crippen LogP contribution >= 0.6 is 0 Å². The van der Waals surface area contributed by atoms with Gasteiger partial charge in [-0.3, -0.25) is 9.59 Å². The molecule has 1 aromatic carbocycles. The van der Waals surface area contributed by atoms with Crippen LogP contribution in [0.15, 0.2) is 30.3 Å². The summed E-state index contributed by atoms with van der Waals surface area (Å²) in [6.07, 6.45) is 0. The molecule has 1 unspecified atom stereocenters. The van der Waals surface area contributed by atoms with Crippen LogP contribution in [-0.2, 0) is 19.1 Å². The Kier molecular flexibility index (Phi) is 3.94. The lowest BCUT2D eigenvalue weighted by molar-refractivity contribution is -0.153. The molecule has 0 fully saturated rings. The molecule has 84 valence electrons. The van der Waals surface area contributed by atoms with Crippen molar-refractivity contribution in [1.29, 1.82) is 0 Å². The topological polar surface area (TPSA) is 60.4 Å². The highest BCUT2D eigenvalue weighted by Crippen LogP contribution is 2.18. The molecule has 0 N–H and O–H groups in total. The number of rotatable bonds is 4. The highest BCUT2D eigenvalue weighted by Gasteiger charge is 2.31. The summed E-state index contributed by atoms with van der Waals surface area (Å²) in [6.45, 7) is 1.28. The maximum Gasteiger partial charge on any atom is 0.375 e. The van der Waals surface area contributed by atoms with Crippen molar-refractivity contribution in [1.82, 2.24) is 0 Å². The first kappa shape index (κ1) is 12.1. The quantitative estimate of drug-likeness (QED) is 0.433. The van der Waals surface area contributed by atoms with E-state index in [4.69, 9.17) is 0 Å². The second kappa shape index (κ2) is 5.21. The fourth-order valence-electron chi connectivity index (χ4n) is 1.43. The van der Waals surface area contributed by atoms with E-state index in [-0.39, 0.29) is 5.78 Å². The van der Waals surface area contributed by atoms with Crippen molar-refractivity contribution < 1.29 is 19.1 Å². The highest BCUT2D eigenvalue weighted by molar-refractivity contribution is 6.40. The highest BCUT2D eigenvalue weighted by atomic mass is 16.5. The van der Waals surface area contributed by atoms with E-state index in [0.29, 0.717) is 5.56 Å². The first-order chi connectivity index (χ1) is 7.57. The lowest BCUT2D eigenvalue weighted by atomic mass is 9.91. The standard InChI is InChI=1S/C12H12O4/c1-8(13)10(11(14)12(15)16-2)9-6-4-3-5-7-9/h3-7,10H,1-2H3. The van der Waals surface area contributed by atoms with E-state index in [0.717, 1.165) is 7.11 Å². The van der Waals surface area contributed by atoms with Crippen molar-refractivity contribution in [2.75, 3.05) is 7.11 Å². The molecule has 0 radical (unpaired) electrons. The minimum atomic E-state index is -1.06. The molecule has 0 bridgehead atoms. The molecule has 0 aliphatic heterocycles. The zero-order valence-electron chi connectivity index (χ0n) is 9.10. The van der Waals surface area contributed by atoms with E-state index < -0.39 is 17.7 Å². The summed E-state index contributed by atoms with van der Waals surface area (Å²) >= 11 is 0. The molecule has 0 spiro atoms. The van der Waals surface area contributed by atoms with Gasteiger partial charge in [-0.05, 0) is 12.5 Å². The lowest BCUT2D eigenvalue weighted by Gasteiger charge is -2.11. The largest absolute Gasteiger partial charge is 0.463 e. The molecule has 16 heavy (non-hydrogen) atoms. The molecule has 1 aromatic rings. The van der Waals surface area contributed by atoms with Crippen molar-refractivity contribution in [2.24, 2.45) is 0 Å². The van der Waals surface area contributed by atoms with Crippen LogP contribution in [-0.4, -0.2) is 24.6 Å². The van der Waals surface area contributed by atoms with E-state index in [1.54, 1.807) is 30.3 Å². The Hall–Kier alpha value is -1.97. The van der Waals surface area contributed by atoms with Gasteiger partial charge in [0.05, 0.1) is 7.11 Å². The smallest absolute Gasteiger partial charge is 0.375 e. The molecule has 1 atom stereocenters. The Labute approximate surface area is 93.2 Å². The predicted molar refractivity (Wildman–Crippen MR) is 56.9 cm³/mol. The zero-order chi connectivity index (χ0) is 12.1. The summed E-state index contributed by atoms with van der Waals surface area (Å²) in [6, 6.07) is 8.44. The Bertz CT molecular complexity index is 408. The Morgan fingerprint density at radius 3 is 2.12 bits per heavy atom. The molecular formula is C12H12O4. The van der Waals surface area contributed by atoms with Gasteiger partial charge < -0.3 is 4.74 Å². The number of carbonyl (C=O) groups is 3. The number of benzene rings is 1. The average molecular weight is 220 g/mol. The molecule has 4 nitrogen and oxygen atoms in total. The zero-order valence-corrected chi connectivity index (χ0v) is 9.10. The predicted octanol–water partition coefficient (Wildman–Crippen LogP) is 1.10. The van der Waals surface area contributed by atoms with Gasteiger partial charge >= 0.3 is 5.97 Å². The Morgan fingerprint density at radius 1 is 1.12 bits per heavy atom. The first-order valence-electron chi connectivity index (χ1n) is 4.75. The molecular weight excluding hydrogens is 208 g/mol. The van der Waals surface area contributed by atoms with Gasteiger partial charge in [-0.1, -0.05) is 30.3 Å². The van der Waals surface area contributed by atoms with Crippen LogP contribution in [0.5, 0.6) is 0 Å². The molecule has 0 amide bonds. The minimum absolute atomic E-state index is 0.374. The van der Waals surface area contributed by atoms with Crippen LogP contribution in [0.25, 0.3) is 0 Å². The van der Waals surface area contributed by atoms with Gasteiger partial charge in [0.2, 0.25) is 0 Å². The maximum absolute atomic E-state index is 11.6. The van der Waals surface area contributed by atoms with Gasteiger partial charge in [0, 0.05) is 0 Å². The van der Waals surface area contributed by atoms with Crippen LogP contribution in [0.2, 0.25) is 0 Å². The van der Waals surface area contributed by atoms with Crippen LogP contribution < -0.4 is 0 Å². The van der Waals surface area contributed by atoms with Gasteiger partial charge in [0.15, 0.2) is 0 Å². The lowest BCUT2D eigenvalue weighted by Crippen LogP contribution is -2.28. The number of ether oxygens (including phenoxy) is 1. The van der Waals surface area contributed by atoms with Gasteiger partial charge in [0.25, 0.3) is 5.78 Å². The van der Waals surface area contributed by atoms with Crippen molar-refractivity contribution in [3.8, 4) is 0 Å². The summed E-state index contributed by atoms with van der Waals surface area (Å²) < 4.78 is 4.32. The molecule has 1 rings (SSSR count). The molecule has 0 aliphatic carbocycles. The number of ketones is 2. The third kappa shape index (κ3) is 2.53. The van der Waals surface area contributed by atoms with Gasteiger partial charge in [-0.15, -0.1) is 0 Å². The number of hydrogen-bond acceptors (Lipinski definition) is 4. The SMILES string of the molecule is COC(=O)C(=O)C(C(C)=O)c1ccccc1. The van der Waals surface area contributed by atoms with Gasteiger partial charge in [-0.25, -0.2) is 4.79 Å². The van der Waals surface area contributed by atoms with E-state index in [1.165, 1.54) is 6.92 Å². The summed E-state index contributed by atoms with van der Waals surface area (Å²) in [5.74, 6) is -3.26. The van der Waals surface area contributed by atoms with E-state index >= 15 is 0 Å². The normalized spacial score (nSPS) is 11.6. The minimum Gasteiger partial charge on any atom is -0.463 e. The first-order valence-corrected chi connectivity index (χ1v) is 4.75. The molecule has 0 heterocycles. The van der Waals surface area contributed by atoms with E-state index in [1.807, 2.05) is 0 Å². The Balaban J connectivity index is 3.06. The van der Waals surface area contributed by atoms with Gasteiger partial charge in [-0.2, -0.15) is 0 Å².